The van der Waals surface area contributed by atoms with Crippen LogP contribution in [0, 0.1) is 23.7 Å². The summed E-state index contributed by atoms with van der Waals surface area (Å²) in [7, 11) is 0. The molecule has 28 heavy (non-hydrogen) atoms. The Morgan fingerprint density at radius 1 is 1.21 bits per heavy atom. The molecule has 1 saturated carbocycles. The number of hydrazone groups is 2. The molecule has 0 aromatic heterocycles. The summed E-state index contributed by atoms with van der Waals surface area (Å²) in [6.07, 6.45) is 5.19. The van der Waals surface area contributed by atoms with Crippen molar-refractivity contribution in [3.05, 3.63) is 0 Å². The lowest BCUT2D eigenvalue weighted by Gasteiger charge is -2.39. The number of rotatable bonds is 4. The first kappa shape index (κ1) is 19.6. The molecule has 1 aliphatic carbocycles. The highest BCUT2D eigenvalue weighted by molar-refractivity contribution is 5.86. The summed E-state index contributed by atoms with van der Waals surface area (Å²) >= 11 is 0. The van der Waals surface area contributed by atoms with Crippen molar-refractivity contribution in [2.24, 2.45) is 34.5 Å². The number of aliphatic hydroxyl groups excluding tert-OH is 2. The smallest absolute Gasteiger partial charge is 0.251 e. The van der Waals surface area contributed by atoms with Crippen molar-refractivity contribution < 1.29 is 24.5 Å². The first-order valence-corrected chi connectivity index (χ1v) is 10.5. The van der Waals surface area contributed by atoms with Gasteiger partial charge in [-0.2, -0.15) is 5.01 Å². The van der Waals surface area contributed by atoms with E-state index in [1.807, 2.05) is 9.69 Å². The van der Waals surface area contributed by atoms with Crippen LogP contribution in [-0.4, -0.2) is 95.0 Å². The second kappa shape index (κ2) is 8.34. The van der Waals surface area contributed by atoms with Crippen LogP contribution in [0.1, 0.15) is 25.7 Å². The molecule has 9 nitrogen and oxygen atoms in total. The van der Waals surface area contributed by atoms with Gasteiger partial charge in [-0.05, 0) is 37.5 Å². The number of amides is 1. The molecule has 4 N–H and O–H groups in total. The van der Waals surface area contributed by atoms with E-state index in [0.29, 0.717) is 38.6 Å². The summed E-state index contributed by atoms with van der Waals surface area (Å²) in [6.45, 7) is 3.55. The number of aliphatic hydroxyl groups is 2. The van der Waals surface area contributed by atoms with E-state index in [1.54, 1.807) is 0 Å². The molecule has 5 atom stereocenters. The second-order valence-electron chi connectivity index (χ2n) is 8.40. The molecule has 0 spiro atoms. The Kier molecular flexibility index (Phi) is 5.84. The van der Waals surface area contributed by atoms with E-state index in [2.05, 4.69) is 16.3 Å². The Hall–Kier alpha value is -1.71. The Bertz CT molecular complexity index is 640. The number of hydrazine groups is 1. The minimum atomic E-state index is -0.264. The maximum absolute atomic E-state index is 12.5. The third kappa shape index (κ3) is 3.75. The van der Waals surface area contributed by atoms with Crippen LogP contribution in [0.4, 0.5) is 0 Å². The second-order valence-corrected chi connectivity index (χ2v) is 8.40. The Labute approximate surface area is 165 Å². The summed E-state index contributed by atoms with van der Waals surface area (Å²) in [5, 5.41) is 26.0. The molecule has 3 fully saturated rings. The van der Waals surface area contributed by atoms with Crippen molar-refractivity contribution in [1.82, 2.24) is 9.91 Å². The van der Waals surface area contributed by atoms with E-state index in [-0.39, 0.29) is 48.9 Å². The van der Waals surface area contributed by atoms with Crippen LogP contribution in [-0.2, 0) is 9.53 Å². The van der Waals surface area contributed by atoms with E-state index in [4.69, 9.17) is 10.5 Å². The lowest BCUT2D eigenvalue weighted by molar-refractivity contribution is -0.697. The van der Waals surface area contributed by atoms with E-state index in [9.17, 15) is 15.0 Å². The summed E-state index contributed by atoms with van der Waals surface area (Å²) in [4.78, 5) is 16.3. The Morgan fingerprint density at radius 2 is 1.93 bits per heavy atom. The largest absolute Gasteiger partial charge is 0.396 e. The predicted octanol–water partition coefficient (Wildman–Crippen LogP) is -1.16. The fourth-order valence-corrected chi connectivity index (χ4v) is 5.00. The van der Waals surface area contributed by atoms with Crippen LogP contribution in [0.25, 0.3) is 0 Å². The van der Waals surface area contributed by atoms with Gasteiger partial charge in [0.1, 0.15) is 6.10 Å². The quantitative estimate of drug-likeness (QED) is 0.518. The lowest BCUT2D eigenvalue weighted by Crippen LogP contribution is -2.55. The standard InChI is InChI=1S/C19H32N5O4/c20-18-16-9-15(12-26)14(11-25)8-13(16)10-24(21-18)23-5-3-22(4-6-23)19(27)17-2-1-7-28-17/h10,13-17,25-26H,1-9,11-12H2,(H2,20,21)/q+1. The van der Waals surface area contributed by atoms with E-state index in [1.165, 1.54) is 0 Å². The van der Waals surface area contributed by atoms with E-state index in [0.717, 1.165) is 25.7 Å². The van der Waals surface area contributed by atoms with Gasteiger partial charge in [0.05, 0.1) is 19.0 Å². The first-order chi connectivity index (χ1) is 13.6. The number of nitrogens with zero attached hydrogens (tertiary/aromatic N) is 4. The summed E-state index contributed by atoms with van der Waals surface area (Å²) in [5.74, 6) is 1.21. The maximum Gasteiger partial charge on any atom is 0.251 e. The van der Waals surface area contributed by atoms with Crippen LogP contribution < -0.4 is 5.73 Å². The minimum absolute atomic E-state index is 0.0755. The molecule has 1 amide bonds. The molecule has 0 radical (unpaired) electrons. The summed E-state index contributed by atoms with van der Waals surface area (Å²) in [6, 6.07) is 0. The zero-order chi connectivity index (χ0) is 19.7. The lowest BCUT2D eigenvalue weighted by atomic mass is 9.68. The SMILES string of the molecule is NC1=N[N+](N2CCN(C(=O)C3CCCO3)CC2)=CC2CC(CO)C(CO)CC12. The van der Waals surface area contributed by atoms with Crippen LogP contribution in [0.15, 0.2) is 5.10 Å². The number of carbonyl (C=O) groups excluding carboxylic acids is 1. The Balaban J connectivity index is 1.39. The molecule has 4 rings (SSSR count). The molecule has 9 heteroatoms. The van der Waals surface area contributed by atoms with Crippen molar-refractivity contribution in [1.29, 1.82) is 0 Å². The van der Waals surface area contributed by atoms with Gasteiger partial charge in [0.15, 0.2) is 5.84 Å². The Morgan fingerprint density at radius 3 is 2.57 bits per heavy atom. The van der Waals surface area contributed by atoms with Crippen LogP contribution in [0.2, 0.25) is 0 Å². The molecular weight excluding hydrogens is 362 g/mol. The van der Waals surface area contributed by atoms with Gasteiger partial charge in [0.2, 0.25) is 6.21 Å². The average Bonchev–Trinajstić information content (AvgIpc) is 3.27. The summed E-state index contributed by atoms with van der Waals surface area (Å²) < 4.78 is 5.52. The predicted molar refractivity (Wildman–Crippen MR) is 102 cm³/mol. The molecule has 0 aromatic carbocycles. The van der Waals surface area contributed by atoms with Crippen molar-refractivity contribution in [3.8, 4) is 0 Å². The van der Waals surface area contributed by atoms with Gasteiger partial charge < -0.3 is 25.6 Å². The highest BCUT2D eigenvalue weighted by atomic mass is 16.5. The normalized spacial score (nSPS) is 36.0. The molecule has 0 aromatic rings. The molecule has 3 aliphatic heterocycles. The zero-order valence-corrected chi connectivity index (χ0v) is 16.3. The number of carbonyl (C=O) groups is 1. The minimum Gasteiger partial charge on any atom is -0.396 e. The number of amidine groups is 1. The van der Waals surface area contributed by atoms with Gasteiger partial charge in [-0.3, -0.25) is 4.79 Å². The van der Waals surface area contributed by atoms with Gasteiger partial charge in [-0.1, -0.05) is 0 Å². The van der Waals surface area contributed by atoms with Gasteiger partial charge in [0, 0.05) is 48.7 Å². The fraction of sp³-hybridized carbons (Fsp3) is 0.842. The van der Waals surface area contributed by atoms with E-state index >= 15 is 0 Å². The van der Waals surface area contributed by atoms with Crippen LogP contribution in [0.5, 0.6) is 0 Å². The van der Waals surface area contributed by atoms with Crippen molar-refractivity contribution in [2.45, 2.75) is 31.8 Å². The monoisotopic (exact) mass is 394 g/mol. The summed E-state index contributed by atoms with van der Waals surface area (Å²) in [5.41, 5.74) is 6.28. The third-order valence-electron chi connectivity index (χ3n) is 6.77. The molecular formula is C19H32N5O4+. The van der Waals surface area contributed by atoms with Crippen molar-refractivity contribution in [2.75, 3.05) is 46.0 Å². The number of nitrogens with two attached hydrogens (primary N) is 1. The molecule has 0 bridgehead atoms. The van der Waals surface area contributed by atoms with Crippen LogP contribution >= 0.6 is 0 Å². The molecule has 3 heterocycles. The average molecular weight is 394 g/mol. The molecule has 5 unspecified atom stereocenters. The number of hydrogen-bond donors (Lipinski definition) is 3. The van der Waals surface area contributed by atoms with Gasteiger partial charge in [-0.25, -0.2) is 0 Å². The number of hydrogen-bond acceptors (Lipinski definition) is 7. The fourth-order valence-electron chi connectivity index (χ4n) is 5.00. The highest BCUT2D eigenvalue weighted by Gasteiger charge is 2.44. The number of ether oxygens (including phenoxy) is 1. The topological polar surface area (TPSA) is 115 Å². The van der Waals surface area contributed by atoms with Gasteiger partial charge in [-0.15, -0.1) is 0 Å². The van der Waals surface area contributed by atoms with Gasteiger partial charge >= 0.3 is 0 Å². The number of piperazine rings is 1. The first-order valence-electron chi connectivity index (χ1n) is 10.5. The zero-order valence-electron chi connectivity index (χ0n) is 16.3. The van der Waals surface area contributed by atoms with Crippen molar-refractivity contribution in [3.63, 3.8) is 0 Å². The highest BCUT2D eigenvalue weighted by Crippen LogP contribution is 2.38. The maximum atomic E-state index is 12.5. The van der Waals surface area contributed by atoms with Gasteiger partial charge in [0.25, 0.3) is 5.91 Å². The third-order valence-corrected chi connectivity index (χ3v) is 6.77. The number of fused-ring (bicyclic) bond motifs is 1. The molecule has 2 saturated heterocycles. The molecule has 156 valence electrons. The molecule has 4 aliphatic rings. The van der Waals surface area contributed by atoms with Crippen LogP contribution in [0.3, 0.4) is 0 Å². The van der Waals surface area contributed by atoms with Crippen molar-refractivity contribution >= 4 is 18.0 Å². The van der Waals surface area contributed by atoms with E-state index < -0.39 is 0 Å².